The second-order valence-corrected chi connectivity index (χ2v) is 14.8. The first-order valence-electron chi connectivity index (χ1n) is 19.5. The van der Waals surface area contributed by atoms with Crippen LogP contribution in [0.25, 0.3) is 105 Å². The van der Waals surface area contributed by atoms with E-state index in [4.69, 9.17) is 4.98 Å². The van der Waals surface area contributed by atoms with Crippen molar-refractivity contribution in [1.29, 1.82) is 0 Å². The third kappa shape index (κ3) is 4.84. The normalized spacial score (nSPS) is 11.9. The van der Waals surface area contributed by atoms with Crippen LogP contribution in [-0.2, 0) is 0 Å². The number of rotatable bonds is 5. The van der Waals surface area contributed by atoms with Crippen molar-refractivity contribution in [3.05, 3.63) is 206 Å². The number of aromatic nitrogens is 4. The van der Waals surface area contributed by atoms with Gasteiger partial charge in [0, 0.05) is 49.6 Å². The first-order valence-corrected chi connectivity index (χ1v) is 19.5. The molecule has 0 atom stereocenters. The summed E-state index contributed by atoms with van der Waals surface area (Å²) in [5.74, 6) is 0. The Morgan fingerprint density at radius 2 is 0.684 bits per heavy atom. The largest absolute Gasteiger partial charge is 0.309 e. The average Bonchev–Trinajstić information content (AvgIpc) is 3.92. The zero-order chi connectivity index (χ0) is 37.5. The molecule has 0 radical (unpaired) electrons. The molecule has 0 saturated carbocycles. The van der Waals surface area contributed by atoms with Crippen molar-refractivity contribution in [2.45, 2.75) is 0 Å². The fourth-order valence-electron chi connectivity index (χ4n) is 9.11. The minimum Gasteiger partial charge on any atom is -0.309 e. The summed E-state index contributed by atoms with van der Waals surface area (Å²) in [4.78, 5) is 5.41. The molecule has 4 nitrogen and oxygen atoms in total. The summed E-state index contributed by atoms with van der Waals surface area (Å²) in [6, 6.07) is 74.3. The summed E-state index contributed by atoms with van der Waals surface area (Å²) in [5.41, 5.74) is 15.7. The summed E-state index contributed by atoms with van der Waals surface area (Å²) < 4.78 is 7.15. The van der Waals surface area contributed by atoms with Gasteiger partial charge in [0.15, 0.2) is 0 Å². The van der Waals surface area contributed by atoms with Gasteiger partial charge in [0.2, 0.25) is 0 Å². The highest BCUT2D eigenvalue weighted by molar-refractivity contribution is 6.11. The maximum atomic E-state index is 5.41. The molecule has 0 saturated heterocycles. The third-order valence-electron chi connectivity index (χ3n) is 11.6. The van der Waals surface area contributed by atoms with Crippen LogP contribution in [0.1, 0.15) is 0 Å². The minimum atomic E-state index is 0.958. The van der Waals surface area contributed by atoms with Gasteiger partial charge in [-0.2, -0.15) is 0 Å². The van der Waals surface area contributed by atoms with Crippen LogP contribution in [-0.4, -0.2) is 18.7 Å². The van der Waals surface area contributed by atoms with E-state index in [1.165, 1.54) is 43.6 Å². The van der Waals surface area contributed by atoms with E-state index in [9.17, 15) is 0 Å². The van der Waals surface area contributed by atoms with E-state index in [0.717, 1.165) is 61.4 Å². The predicted molar refractivity (Wildman–Crippen MR) is 238 cm³/mol. The number of hydrogen-bond donors (Lipinski definition) is 0. The fourth-order valence-corrected chi connectivity index (χ4v) is 9.11. The van der Waals surface area contributed by atoms with Gasteiger partial charge < -0.3 is 13.7 Å². The Balaban J connectivity index is 1.06. The molecule has 12 rings (SSSR count). The highest BCUT2D eigenvalue weighted by atomic mass is 15.0. The van der Waals surface area contributed by atoms with Gasteiger partial charge in [0.25, 0.3) is 0 Å². The molecule has 0 aliphatic rings. The zero-order valence-electron chi connectivity index (χ0n) is 30.9. The van der Waals surface area contributed by atoms with E-state index < -0.39 is 0 Å². The van der Waals surface area contributed by atoms with E-state index in [1.807, 2.05) is 0 Å². The van der Waals surface area contributed by atoms with Gasteiger partial charge in [-0.1, -0.05) is 127 Å². The Bertz CT molecular complexity index is 3420. The maximum Gasteiger partial charge on any atom is 0.0971 e. The highest BCUT2D eigenvalue weighted by Crippen LogP contribution is 2.39. The van der Waals surface area contributed by atoms with Gasteiger partial charge in [-0.15, -0.1) is 0 Å². The molecular formula is C53H34N4. The summed E-state index contributed by atoms with van der Waals surface area (Å²) in [6.45, 7) is 0. The lowest BCUT2D eigenvalue weighted by Crippen LogP contribution is -1.98. The maximum absolute atomic E-state index is 5.41. The molecule has 12 aromatic rings. The average molecular weight is 727 g/mol. The van der Waals surface area contributed by atoms with E-state index in [0.29, 0.717) is 0 Å². The Morgan fingerprint density at radius 1 is 0.263 bits per heavy atom. The van der Waals surface area contributed by atoms with Crippen LogP contribution in [0.5, 0.6) is 0 Å². The molecule has 0 aliphatic heterocycles. The molecule has 0 spiro atoms. The molecule has 4 heterocycles. The van der Waals surface area contributed by atoms with Crippen molar-refractivity contribution < 1.29 is 0 Å². The number of benzene rings is 8. The smallest absolute Gasteiger partial charge is 0.0971 e. The summed E-state index contributed by atoms with van der Waals surface area (Å²) >= 11 is 0. The van der Waals surface area contributed by atoms with Gasteiger partial charge in [-0.3, -0.25) is 0 Å². The van der Waals surface area contributed by atoms with Crippen LogP contribution < -0.4 is 0 Å². The lowest BCUT2D eigenvalue weighted by atomic mass is 10.0. The predicted octanol–water partition coefficient (Wildman–Crippen LogP) is 13.7. The highest BCUT2D eigenvalue weighted by Gasteiger charge is 2.19. The Morgan fingerprint density at radius 3 is 1.26 bits per heavy atom. The number of nitrogens with zero attached hydrogens (tertiary/aromatic N) is 4. The summed E-state index contributed by atoms with van der Waals surface area (Å²) in [7, 11) is 0. The van der Waals surface area contributed by atoms with Crippen molar-refractivity contribution in [3.8, 4) is 39.4 Å². The van der Waals surface area contributed by atoms with Gasteiger partial charge >= 0.3 is 0 Å². The summed E-state index contributed by atoms with van der Waals surface area (Å²) in [5, 5.41) is 6.14. The third-order valence-corrected chi connectivity index (χ3v) is 11.6. The van der Waals surface area contributed by atoms with Crippen molar-refractivity contribution in [2.24, 2.45) is 0 Å². The quantitative estimate of drug-likeness (QED) is 0.174. The molecule has 4 aromatic heterocycles. The molecular weight excluding hydrogens is 693 g/mol. The van der Waals surface area contributed by atoms with Crippen LogP contribution in [0, 0.1) is 0 Å². The second-order valence-electron chi connectivity index (χ2n) is 14.8. The SMILES string of the molecule is c1ccc(-c2ccc3c(n2)c2cc(-c4cccc(-n5c6ccccc6c6ccccc65)c4)ccc2n3-c2cccc(-n3c4ccccc4c4ccccc43)c2)cc1. The Kier molecular flexibility index (Phi) is 6.89. The lowest BCUT2D eigenvalue weighted by Gasteiger charge is -2.13. The standard InChI is InChI=1S/C53H34N4/c1-2-14-35(15-3-1)46-29-31-52-53(54-46)45-33-37(36-16-12-17-38(32-36)55-47-24-8-4-20-41(47)42-21-5-9-25-48(42)55)28-30-51(45)57(52)40-19-13-18-39(34-40)56-49-26-10-6-22-43(49)44-23-7-11-27-50(44)56/h1-34H. The van der Waals surface area contributed by atoms with Gasteiger partial charge in [-0.05, 0) is 90.0 Å². The van der Waals surface area contributed by atoms with Gasteiger partial charge in [0.1, 0.15) is 0 Å². The molecule has 0 N–H and O–H groups in total. The van der Waals surface area contributed by atoms with Gasteiger partial charge in [-0.25, -0.2) is 4.98 Å². The van der Waals surface area contributed by atoms with Crippen LogP contribution >= 0.6 is 0 Å². The number of fused-ring (bicyclic) bond motifs is 9. The number of pyridine rings is 1. The molecule has 0 unspecified atom stereocenters. The van der Waals surface area contributed by atoms with E-state index in [-0.39, 0.29) is 0 Å². The van der Waals surface area contributed by atoms with E-state index >= 15 is 0 Å². The zero-order valence-corrected chi connectivity index (χ0v) is 30.9. The summed E-state index contributed by atoms with van der Waals surface area (Å²) in [6.07, 6.45) is 0. The Hall–Kier alpha value is -7.69. The molecule has 0 bridgehead atoms. The minimum absolute atomic E-state index is 0.958. The molecule has 4 heteroatoms. The van der Waals surface area contributed by atoms with Crippen LogP contribution in [0.15, 0.2) is 206 Å². The lowest BCUT2D eigenvalue weighted by molar-refractivity contribution is 1.13. The molecule has 8 aromatic carbocycles. The number of para-hydroxylation sites is 4. The van der Waals surface area contributed by atoms with Crippen LogP contribution in [0.3, 0.4) is 0 Å². The molecule has 0 fully saturated rings. The molecule has 266 valence electrons. The monoisotopic (exact) mass is 726 g/mol. The topological polar surface area (TPSA) is 27.7 Å². The second kappa shape index (κ2) is 12.4. The van der Waals surface area contributed by atoms with Crippen LogP contribution in [0.4, 0.5) is 0 Å². The molecule has 0 amide bonds. The van der Waals surface area contributed by atoms with Gasteiger partial charge in [0.05, 0.1) is 44.3 Å². The van der Waals surface area contributed by atoms with E-state index in [1.54, 1.807) is 0 Å². The van der Waals surface area contributed by atoms with Crippen molar-refractivity contribution in [2.75, 3.05) is 0 Å². The molecule has 0 aliphatic carbocycles. The fraction of sp³-hybridized carbons (Fsp3) is 0. The first kappa shape index (κ1) is 31.6. The van der Waals surface area contributed by atoms with Crippen molar-refractivity contribution in [1.82, 2.24) is 18.7 Å². The first-order chi connectivity index (χ1) is 28.3. The van der Waals surface area contributed by atoms with E-state index in [2.05, 4.69) is 220 Å². The number of hydrogen-bond acceptors (Lipinski definition) is 1. The molecule has 57 heavy (non-hydrogen) atoms. The van der Waals surface area contributed by atoms with Crippen molar-refractivity contribution >= 4 is 65.5 Å². The van der Waals surface area contributed by atoms with Crippen molar-refractivity contribution in [3.63, 3.8) is 0 Å². The van der Waals surface area contributed by atoms with Crippen LogP contribution in [0.2, 0.25) is 0 Å². The Labute approximate surface area is 328 Å².